The van der Waals surface area contributed by atoms with Crippen molar-refractivity contribution in [1.29, 1.82) is 0 Å². The van der Waals surface area contributed by atoms with E-state index in [0.29, 0.717) is 11.8 Å². The van der Waals surface area contributed by atoms with Gasteiger partial charge in [-0.05, 0) is 19.8 Å². The number of hydrogen-bond donors (Lipinski definition) is 0. The third-order valence-electron chi connectivity index (χ3n) is 3.43. The first-order valence-corrected chi connectivity index (χ1v) is 5.40. The van der Waals surface area contributed by atoms with Gasteiger partial charge in [0, 0.05) is 12.7 Å². The number of carbonyl (C=O) groups excluding carboxylic acids is 1. The lowest BCUT2D eigenvalue weighted by molar-refractivity contribution is 0.112. The summed E-state index contributed by atoms with van der Waals surface area (Å²) >= 11 is 0. The van der Waals surface area contributed by atoms with Crippen molar-refractivity contribution < 1.29 is 4.79 Å². The van der Waals surface area contributed by atoms with Crippen molar-refractivity contribution in [1.82, 2.24) is 9.36 Å². The highest BCUT2D eigenvalue weighted by Crippen LogP contribution is 2.28. The zero-order valence-electron chi connectivity index (χ0n) is 9.19. The van der Waals surface area contributed by atoms with Gasteiger partial charge in [0.25, 0.3) is 5.56 Å². The second-order valence-corrected chi connectivity index (χ2v) is 4.23. The van der Waals surface area contributed by atoms with Crippen LogP contribution < -0.4 is 5.56 Å². The van der Waals surface area contributed by atoms with Crippen molar-refractivity contribution in [2.45, 2.75) is 38.6 Å². The molecule has 0 spiro atoms. The summed E-state index contributed by atoms with van der Waals surface area (Å²) in [4.78, 5) is 22.7. The first kappa shape index (κ1) is 10.2. The average molecular weight is 208 g/mol. The molecule has 0 saturated heterocycles. The summed E-state index contributed by atoms with van der Waals surface area (Å²) < 4.78 is 3.56. The third-order valence-corrected chi connectivity index (χ3v) is 3.43. The van der Waals surface area contributed by atoms with Crippen molar-refractivity contribution in [3.8, 4) is 0 Å². The Hall–Kier alpha value is -1.32. The van der Waals surface area contributed by atoms with Crippen LogP contribution in [0.5, 0.6) is 0 Å². The van der Waals surface area contributed by atoms with Gasteiger partial charge in [-0.2, -0.15) is 0 Å². The topological polar surface area (TPSA) is 44.0 Å². The van der Waals surface area contributed by atoms with Crippen LogP contribution in [-0.2, 0) is 7.05 Å². The van der Waals surface area contributed by atoms with E-state index in [1.54, 1.807) is 4.68 Å². The van der Waals surface area contributed by atoms with Crippen LogP contribution in [0, 0.1) is 6.92 Å². The van der Waals surface area contributed by atoms with Gasteiger partial charge in [0.2, 0.25) is 0 Å². The second-order valence-electron chi connectivity index (χ2n) is 4.23. The molecule has 1 aromatic rings. The first-order chi connectivity index (χ1) is 7.16. The standard InChI is InChI=1S/C11H16N2O2/c1-8-10(7-14)11(15)13(12(8)2)9-5-3-4-6-9/h7,9H,3-6H2,1-2H3. The van der Waals surface area contributed by atoms with E-state index >= 15 is 0 Å². The molecule has 1 aliphatic carbocycles. The smallest absolute Gasteiger partial charge is 0.277 e. The molecule has 1 saturated carbocycles. The summed E-state index contributed by atoms with van der Waals surface area (Å²) in [5, 5.41) is 0. The minimum atomic E-state index is -0.128. The Morgan fingerprint density at radius 1 is 1.33 bits per heavy atom. The zero-order valence-corrected chi connectivity index (χ0v) is 9.19. The molecule has 1 aliphatic rings. The Kier molecular flexibility index (Phi) is 2.50. The third kappa shape index (κ3) is 1.44. The molecule has 4 heteroatoms. The second kappa shape index (κ2) is 3.68. The number of aldehydes is 1. The number of carbonyl (C=O) groups is 1. The van der Waals surface area contributed by atoms with Gasteiger partial charge in [0.1, 0.15) is 5.56 Å². The Morgan fingerprint density at radius 2 is 1.93 bits per heavy atom. The van der Waals surface area contributed by atoms with Crippen LogP contribution in [0.25, 0.3) is 0 Å². The molecule has 1 aromatic heterocycles. The summed E-state index contributed by atoms with van der Waals surface area (Å²) in [6.45, 7) is 1.82. The fourth-order valence-electron chi connectivity index (χ4n) is 2.45. The van der Waals surface area contributed by atoms with Crippen molar-refractivity contribution in [3.05, 3.63) is 21.6 Å². The molecule has 1 fully saturated rings. The maximum Gasteiger partial charge on any atom is 0.277 e. The van der Waals surface area contributed by atoms with E-state index < -0.39 is 0 Å². The summed E-state index contributed by atoms with van der Waals surface area (Å²) in [7, 11) is 1.85. The molecule has 0 amide bonds. The molecule has 0 bridgehead atoms. The largest absolute Gasteiger partial charge is 0.298 e. The fraction of sp³-hybridized carbons (Fsp3) is 0.636. The van der Waals surface area contributed by atoms with E-state index in [4.69, 9.17) is 0 Å². The zero-order chi connectivity index (χ0) is 11.0. The number of aromatic nitrogens is 2. The van der Waals surface area contributed by atoms with Gasteiger partial charge in [-0.3, -0.25) is 14.3 Å². The number of nitrogens with zero attached hydrogens (tertiary/aromatic N) is 2. The SMILES string of the molecule is Cc1c(C=O)c(=O)n(C2CCCC2)n1C. The van der Waals surface area contributed by atoms with Crippen molar-refractivity contribution in [3.63, 3.8) is 0 Å². The van der Waals surface area contributed by atoms with Crippen LogP contribution in [-0.4, -0.2) is 15.6 Å². The first-order valence-electron chi connectivity index (χ1n) is 5.40. The Bertz CT molecular complexity index is 436. The highest BCUT2D eigenvalue weighted by molar-refractivity contribution is 5.75. The van der Waals surface area contributed by atoms with E-state index in [9.17, 15) is 9.59 Å². The van der Waals surface area contributed by atoms with Crippen LogP contribution in [0.2, 0.25) is 0 Å². The van der Waals surface area contributed by atoms with Crippen molar-refractivity contribution in [2.75, 3.05) is 0 Å². The van der Waals surface area contributed by atoms with Gasteiger partial charge in [0.05, 0.1) is 6.04 Å². The van der Waals surface area contributed by atoms with Crippen molar-refractivity contribution >= 4 is 6.29 Å². The molecule has 15 heavy (non-hydrogen) atoms. The van der Waals surface area contributed by atoms with Gasteiger partial charge in [0.15, 0.2) is 6.29 Å². The lowest BCUT2D eigenvalue weighted by Crippen LogP contribution is -2.26. The van der Waals surface area contributed by atoms with Crippen LogP contribution >= 0.6 is 0 Å². The van der Waals surface area contributed by atoms with Crippen LogP contribution in [0.15, 0.2) is 4.79 Å². The van der Waals surface area contributed by atoms with Crippen LogP contribution in [0.4, 0.5) is 0 Å². The maximum atomic E-state index is 11.9. The van der Waals surface area contributed by atoms with E-state index in [1.165, 1.54) is 12.8 Å². The molecule has 0 aromatic carbocycles. The lowest BCUT2D eigenvalue weighted by atomic mass is 10.2. The number of rotatable bonds is 2. The van der Waals surface area contributed by atoms with Crippen molar-refractivity contribution in [2.24, 2.45) is 7.05 Å². The van der Waals surface area contributed by atoms with Gasteiger partial charge >= 0.3 is 0 Å². The van der Waals surface area contributed by atoms with E-state index in [-0.39, 0.29) is 11.6 Å². The predicted octanol–water partition coefficient (Wildman–Crippen LogP) is 1.42. The summed E-state index contributed by atoms with van der Waals surface area (Å²) in [5.74, 6) is 0. The summed E-state index contributed by atoms with van der Waals surface area (Å²) in [5.41, 5.74) is 0.947. The Balaban J connectivity index is 2.55. The van der Waals surface area contributed by atoms with Crippen LogP contribution in [0.1, 0.15) is 47.8 Å². The number of hydrogen-bond acceptors (Lipinski definition) is 2. The quantitative estimate of drug-likeness (QED) is 0.690. The average Bonchev–Trinajstić information content (AvgIpc) is 2.77. The van der Waals surface area contributed by atoms with E-state index in [0.717, 1.165) is 18.5 Å². The molecule has 0 unspecified atom stereocenters. The molecule has 82 valence electrons. The van der Waals surface area contributed by atoms with Gasteiger partial charge < -0.3 is 0 Å². The molecule has 0 aliphatic heterocycles. The molecule has 1 heterocycles. The molecule has 0 atom stereocenters. The molecule has 2 rings (SSSR count). The van der Waals surface area contributed by atoms with Gasteiger partial charge in [-0.25, -0.2) is 4.68 Å². The molecule has 0 N–H and O–H groups in total. The normalized spacial score (nSPS) is 17.2. The van der Waals surface area contributed by atoms with Gasteiger partial charge in [-0.15, -0.1) is 0 Å². The summed E-state index contributed by atoms with van der Waals surface area (Å²) in [6, 6.07) is 0.287. The fourth-order valence-corrected chi connectivity index (χ4v) is 2.45. The molecular weight excluding hydrogens is 192 g/mol. The van der Waals surface area contributed by atoms with Gasteiger partial charge in [-0.1, -0.05) is 12.8 Å². The molecule has 4 nitrogen and oxygen atoms in total. The predicted molar refractivity (Wildman–Crippen MR) is 57.3 cm³/mol. The summed E-state index contributed by atoms with van der Waals surface area (Å²) in [6.07, 6.45) is 5.13. The maximum absolute atomic E-state index is 11.9. The minimum Gasteiger partial charge on any atom is -0.298 e. The molecular formula is C11H16N2O2. The van der Waals surface area contributed by atoms with E-state index in [1.807, 2.05) is 18.7 Å². The highest BCUT2D eigenvalue weighted by Gasteiger charge is 2.23. The monoisotopic (exact) mass is 208 g/mol. The lowest BCUT2D eigenvalue weighted by Gasteiger charge is -2.14. The highest BCUT2D eigenvalue weighted by atomic mass is 16.1. The molecule has 0 radical (unpaired) electrons. The van der Waals surface area contributed by atoms with Crippen LogP contribution in [0.3, 0.4) is 0 Å². The Morgan fingerprint density at radius 3 is 2.40 bits per heavy atom. The minimum absolute atomic E-state index is 0.128. The Labute approximate surface area is 88.5 Å². The van der Waals surface area contributed by atoms with E-state index in [2.05, 4.69) is 0 Å².